The fourth-order valence-electron chi connectivity index (χ4n) is 1.93. The lowest BCUT2D eigenvalue weighted by atomic mass is 10.1. The van der Waals surface area contributed by atoms with E-state index < -0.39 is 15.9 Å². The summed E-state index contributed by atoms with van der Waals surface area (Å²) in [6, 6.07) is 15.0. The van der Waals surface area contributed by atoms with Gasteiger partial charge in [-0.25, -0.2) is 13.1 Å². The van der Waals surface area contributed by atoms with Gasteiger partial charge in [-0.05, 0) is 29.8 Å². The van der Waals surface area contributed by atoms with Crippen LogP contribution < -0.4 is 15.2 Å². The minimum atomic E-state index is -3.56. The monoisotopic (exact) mass is 366 g/mol. The molecule has 0 radical (unpaired) electrons. The number of rotatable bonds is 8. The summed E-state index contributed by atoms with van der Waals surface area (Å²) in [4.78, 5) is 10.9. The molecule has 2 aromatic carbocycles. The molecule has 1 unspecified atom stereocenters. The maximum atomic E-state index is 12.2. The Morgan fingerprint density at radius 2 is 1.75 bits per heavy atom. The molecule has 6 nitrogen and oxygen atoms in total. The number of primary amides is 1. The first-order valence-corrected chi connectivity index (χ1v) is 9.12. The van der Waals surface area contributed by atoms with Gasteiger partial charge in [-0.1, -0.05) is 30.3 Å². The largest absolute Gasteiger partial charge is 0.484 e. The highest BCUT2D eigenvalue weighted by atomic mass is 32.2. The third-order valence-electron chi connectivity index (χ3n) is 3.17. The van der Waals surface area contributed by atoms with Crippen LogP contribution in [0, 0.1) is 0 Å². The van der Waals surface area contributed by atoms with Crippen LogP contribution in [-0.4, -0.2) is 27.5 Å². The number of ether oxygens (including phenoxy) is 1. The molecule has 0 spiro atoms. The van der Waals surface area contributed by atoms with Crippen molar-refractivity contribution in [2.45, 2.75) is 10.1 Å². The number of nitrogens with one attached hydrogen (secondary N) is 1. The number of carbonyl (C=O) groups excluding carboxylic acids is 1. The summed E-state index contributed by atoms with van der Waals surface area (Å²) in [5.74, 6) is -0.0515. The highest BCUT2D eigenvalue weighted by molar-refractivity contribution is 7.89. The van der Waals surface area contributed by atoms with E-state index >= 15 is 0 Å². The summed E-state index contributed by atoms with van der Waals surface area (Å²) in [7, 11) is -3.56. The maximum absolute atomic E-state index is 12.2. The first kappa shape index (κ1) is 18.3. The Morgan fingerprint density at radius 3 is 2.33 bits per heavy atom. The van der Waals surface area contributed by atoms with Crippen LogP contribution in [0.1, 0.15) is 10.8 Å². The average molecular weight is 366 g/mol. The van der Waals surface area contributed by atoms with Crippen LogP contribution in [0.15, 0.2) is 59.5 Å². The molecule has 8 heteroatoms. The van der Waals surface area contributed by atoms with Crippen LogP contribution in [0.4, 0.5) is 0 Å². The van der Waals surface area contributed by atoms with E-state index in [1.54, 1.807) is 42.5 Å². The molecule has 2 aromatic rings. The average Bonchev–Trinajstić information content (AvgIpc) is 2.59. The first-order chi connectivity index (χ1) is 11.4. The van der Waals surface area contributed by atoms with Crippen molar-refractivity contribution in [3.63, 3.8) is 0 Å². The second-order valence-electron chi connectivity index (χ2n) is 5.00. The molecular formula is C16H18N2O4S2. The van der Waals surface area contributed by atoms with Crippen LogP contribution >= 0.6 is 12.6 Å². The number of nitrogens with two attached hydrogens (primary N) is 1. The summed E-state index contributed by atoms with van der Waals surface area (Å²) in [5.41, 5.74) is 5.83. The quantitative estimate of drug-likeness (QED) is 0.617. The molecule has 2 rings (SSSR count). The van der Waals surface area contributed by atoms with Gasteiger partial charge in [0.05, 0.1) is 4.90 Å². The molecule has 0 aliphatic carbocycles. The molecule has 0 bridgehead atoms. The van der Waals surface area contributed by atoms with E-state index in [2.05, 4.69) is 17.4 Å². The van der Waals surface area contributed by atoms with Crippen molar-refractivity contribution >= 4 is 28.6 Å². The number of amides is 1. The molecule has 0 fully saturated rings. The van der Waals surface area contributed by atoms with Gasteiger partial charge in [0.1, 0.15) is 5.75 Å². The normalized spacial score (nSPS) is 12.5. The number of benzene rings is 2. The van der Waals surface area contributed by atoms with Gasteiger partial charge >= 0.3 is 0 Å². The highest BCUT2D eigenvalue weighted by Gasteiger charge is 2.15. The maximum Gasteiger partial charge on any atom is 0.255 e. The van der Waals surface area contributed by atoms with Crippen molar-refractivity contribution in [3.05, 3.63) is 60.2 Å². The minimum absolute atomic E-state index is 0.141. The predicted octanol–water partition coefficient (Wildman–Crippen LogP) is 1.50. The van der Waals surface area contributed by atoms with Crippen molar-refractivity contribution in [3.8, 4) is 5.75 Å². The topological polar surface area (TPSA) is 98.5 Å². The van der Waals surface area contributed by atoms with Gasteiger partial charge in [-0.2, -0.15) is 12.6 Å². The van der Waals surface area contributed by atoms with E-state index in [1.807, 2.05) is 0 Å². The first-order valence-electron chi connectivity index (χ1n) is 7.12. The zero-order valence-corrected chi connectivity index (χ0v) is 14.5. The summed E-state index contributed by atoms with van der Waals surface area (Å²) >= 11 is 4.42. The standard InChI is InChI=1S/C16H18N2O4S2/c17-16(19)11-22-13-8-6-12(7-9-13)15(23)10-18-24(20,21)14-4-2-1-3-5-14/h1-9,15,18,23H,10-11H2,(H2,17,19). The predicted molar refractivity (Wildman–Crippen MR) is 94.5 cm³/mol. The van der Waals surface area contributed by atoms with Crippen molar-refractivity contribution in [1.29, 1.82) is 0 Å². The van der Waals surface area contributed by atoms with Crippen molar-refractivity contribution in [2.24, 2.45) is 5.73 Å². The number of hydrogen-bond acceptors (Lipinski definition) is 5. The van der Waals surface area contributed by atoms with Crippen molar-refractivity contribution in [2.75, 3.05) is 13.2 Å². The molecule has 0 aliphatic heterocycles. The molecule has 3 N–H and O–H groups in total. The summed E-state index contributed by atoms with van der Waals surface area (Å²) < 4.78 is 32.0. The third kappa shape index (κ3) is 5.26. The molecular weight excluding hydrogens is 348 g/mol. The zero-order valence-electron chi connectivity index (χ0n) is 12.8. The van der Waals surface area contributed by atoms with Gasteiger partial charge < -0.3 is 10.5 Å². The Bertz CT molecular complexity index is 777. The minimum Gasteiger partial charge on any atom is -0.484 e. The summed E-state index contributed by atoms with van der Waals surface area (Å²) in [5, 5.41) is -0.325. The molecule has 1 atom stereocenters. The highest BCUT2D eigenvalue weighted by Crippen LogP contribution is 2.22. The Hall–Kier alpha value is -2.03. The Morgan fingerprint density at radius 1 is 1.12 bits per heavy atom. The Labute approximate surface area is 146 Å². The van der Waals surface area contributed by atoms with Crippen LogP contribution in [0.5, 0.6) is 5.75 Å². The lowest BCUT2D eigenvalue weighted by Gasteiger charge is -2.13. The van der Waals surface area contributed by atoms with Crippen LogP contribution in [0.3, 0.4) is 0 Å². The van der Waals surface area contributed by atoms with Crippen LogP contribution in [0.2, 0.25) is 0 Å². The van der Waals surface area contributed by atoms with Gasteiger partial charge in [-0.15, -0.1) is 0 Å². The van der Waals surface area contributed by atoms with Gasteiger partial charge in [0, 0.05) is 11.8 Å². The SMILES string of the molecule is NC(=O)COc1ccc(C(S)CNS(=O)(=O)c2ccccc2)cc1. The van der Waals surface area contributed by atoms with Gasteiger partial charge in [0.25, 0.3) is 5.91 Å². The van der Waals surface area contributed by atoms with Crippen LogP contribution in [0.25, 0.3) is 0 Å². The lowest BCUT2D eigenvalue weighted by molar-refractivity contribution is -0.119. The second-order valence-corrected chi connectivity index (χ2v) is 7.40. The van der Waals surface area contributed by atoms with Gasteiger partial charge in [-0.3, -0.25) is 4.79 Å². The fraction of sp³-hybridized carbons (Fsp3) is 0.188. The molecule has 0 heterocycles. The Balaban J connectivity index is 1.95. The fourth-order valence-corrected chi connectivity index (χ4v) is 3.39. The molecule has 24 heavy (non-hydrogen) atoms. The number of carbonyl (C=O) groups is 1. The third-order valence-corrected chi connectivity index (χ3v) is 5.09. The molecule has 1 amide bonds. The van der Waals surface area contributed by atoms with Gasteiger partial charge in [0.15, 0.2) is 6.61 Å². The second kappa shape index (κ2) is 8.18. The van der Waals surface area contributed by atoms with Crippen LogP contribution in [-0.2, 0) is 14.8 Å². The van der Waals surface area contributed by atoms with E-state index in [0.29, 0.717) is 5.75 Å². The molecule has 0 saturated heterocycles. The number of thiol groups is 1. The lowest BCUT2D eigenvalue weighted by Crippen LogP contribution is -2.27. The van der Waals surface area contributed by atoms with Crippen molar-refractivity contribution < 1.29 is 17.9 Å². The van der Waals surface area contributed by atoms with Gasteiger partial charge in [0.2, 0.25) is 10.0 Å². The Kier molecular flexibility index (Phi) is 6.24. The van der Waals surface area contributed by atoms with Crippen molar-refractivity contribution in [1.82, 2.24) is 4.72 Å². The molecule has 0 saturated carbocycles. The van der Waals surface area contributed by atoms with E-state index in [4.69, 9.17) is 10.5 Å². The van der Waals surface area contributed by atoms with E-state index in [0.717, 1.165) is 5.56 Å². The smallest absolute Gasteiger partial charge is 0.255 e. The summed E-state index contributed by atoms with van der Waals surface area (Å²) in [6.07, 6.45) is 0. The summed E-state index contributed by atoms with van der Waals surface area (Å²) in [6.45, 7) is -0.0532. The molecule has 0 aromatic heterocycles. The zero-order chi connectivity index (χ0) is 17.6. The molecule has 0 aliphatic rings. The molecule has 128 valence electrons. The number of hydrogen-bond donors (Lipinski definition) is 3. The van der Waals surface area contributed by atoms with E-state index in [9.17, 15) is 13.2 Å². The van der Waals surface area contributed by atoms with E-state index in [1.165, 1.54) is 12.1 Å². The van der Waals surface area contributed by atoms with E-state index in [-0.39, 0.29) is 23.3 Å². The number of sulfonamides is 1.